The number of rotatable bonds is 5. The number of carbonyl (C=O) groups is 2. The van der Waals surface area contributed by atoms with Crippen molar-refractivity contribution < 1.29 is 18.0 Å². The summed E-state index contributed by atoms with van der Waals surface area (Å²) in [6.07, 6.45) is 2.97. The smallest absolute Gasteiger partial charge is 0.261 e. The van der Waals surface area contributed by atoms with Crippen LogP contribution in [0.3, 0.4) is 0 Å². The molecule has 0 bridgehead atoms. The molecule has 1 aliphatic rings. The first-order chi connectivity index (χ1) is 11.4. The molecule has 24 heavy (non-hydrogen) atoms. The number of hydrogen-bond donors (Lipinski definition) is 0. The lowest BCUT2D eigenvalue weighted by molar-refractivity contribution is 0.0664. The largest absolute Gasteiger partial charge is 0.273 e. The van der Waals surface area contributed by atoms with Gasteiger partial charge in [0.15, 0.2) is 0 Å². The summed E-state index contributed by atoms with van der Waals surface area (Å²) in [5.41, 5.74) is 1.03. The molecule has 2 amide bonds. The van der Waals surface area contributed by atoms with Gasteiger partial charge >= 0.3 is 0 Å². The Balaban J connectivity index is 1.74. The number of pyridine rings is 1. The molecule has 2 aromatic rings. The van der Waals surface area contributed by atoms with Crippen LogP contribution in [0.5, 0.6) is 0 Å². The summed E-state index contributed by atoms with van der Waals surface area (Å²) in [4.78, 5) is 29.4. The van der Waals surface area contributed by atoms with Crippen LogP contribution in [0.15, 0.2) is 48.8 Å². The quantitative estimate of drug-likeness (QED) is 0.759. The van der Waals surface area contributed by atoms with E-state index in [0.717, 1.165) is 9.21 Å². The molecule has 0 aliphatic carbocycles. The van der Waals surface area contributed by atoms with Gasteiger partial charge in [-0.1, -0.05) is 12.1 Å². The lowest BCUT2D eigenvalue weighted by Gasteiger charge is -2.21. The maximum atomic E-state index is 12.4. The molecular formula is C16H15N3O4S. The Hall–Kier alpha value is -2.74. The first-order valence-electron chi connectivity index (χ1n) is 7.23. The van der Waals surface area contributed by atoms with Crippen molar-refractivity contribution in [2.24, 2.45) is 0 Å². The molecule has 8 heteroatoms. The molecule has 124 valence electrons. The van der Waals surface area contributed by atoms with E-state index in [1.807, 2.05) is 0 Å². The second kappa shape index (κ2) is 6.04. The minimum Gasteiger partial charge on any atom is -0.273 e. The molecule has 2 heterocycles. The highest BCUT2D eigenvalue weighted by Gasteiger charge is 2.36. The van der Waals surface area contributed by atoms with E-state index in [1.165, 1.54) is 13.2 Å². The van der Waals surface area contributed by atoms with Crippen LogP contribution in [0, 0.1) is 0 Å². The third-order valence-electron chi connectivity index (χ3n) is 3.88. The molecule has 0 atom stereocenters. The van der Waals surface area contributed by atoms with E-state index < -0.39 is 21.8 Å². The minimum absolute atomic E-state index is 0.195. The van der Waals surface area contributed by atoms with E-state index >= 15 is 0 Å². The number of sulfonamides is 1. The van der Waals surface area contributed by atoms with Crippen molar-refractivity contribution >= 4 is 27.5 Å². The number of nitrogens with zero attached hydrogens (tertiary/aromatic N) is 3. The van der Waals surface area contributed by atoms with Crippen LogP contribution in [0.4, 0.5) is 5.69 Å². The monoisotopic (exact) mass is 345 g/mol. The highest BCUT2D eigenvalue weighted by atomic mass is 32.2. The number of imide groups is 1. The topological polar surface area (TPSA) is 87.7 Å². The second-order valence-corrected chi connectivity index (χ2v) is 7.42. The molecular weight excluding hydrogens is 330 g/mol. The molecule has 0 unspecified atom stereocenters. The molecule has 3 rings (SSSR count). The third kappa shape index (κ3) is 2.76. The normalized spacial score (nSPS) is 14.0. The maximum Gasteiger partial charge on any atom is 0.261 e. The highest BCUT2D eigenvalue weighted by molar-refractivity contribution is 7.92. The van der Waals surface area contributed by atoms with E-state index in [4.69, 9.17) is 0 Å². The summed E-state index contributed by atoms with van der Waals surface area (Å²) in [7, 11) is -2.28. The average Bonchev–Trinajstić information content (AvgIpc) is 2.84. The molecule has 0 saturated heterocycles. The van der Waals surface area contributed by atoms with E-state index in [9.17, 15) is 18.0 Å². The predicted octanol–water partition coefficient (Wildman–Crippen LogP) is 1.14. The van der Waals surface area contributed by atoms with Gasteiger partial charge in [-0.15, -0.1) is 0 Å². The Morgan fingerprint density at radius 2 is 1.67 bits per heavy atom. The Morgan fingerprint density at radius 3 is 2.21 bits per heavy atom. The van der Waals surface area contributed by atoms with Gasteiger partial charge < -0.3 is 0 Å². The number of fused-ring (bicyclic) bond motifs is 1. The van der Waals surface area contributed by atoms with Gasteiger partial charge in [-0.05, 0) is 24.3 Å². The fourth-order valence-corrected chi connectivity index (χ4v) is 3.60. The summed E-state index contributed by atoms with van der Waals surface area (Å²) < 4.78 is 25.9. The number of carbonyl (C=O) groups excluding carboxylic acids is 2. The van der Waals surface area contributed by atoms with Gasteiger partial charge in [0.1, 0.15) is 0 Å². The Labute approximate surface area is 139 Å². The molecule has 7 nitrogen and oxygen atoms in total. The van der Waals surface area contributed by atoms with Gasteiger partial charge in [0.2, 0.25) is 10.0 Å². The van der Waals surface area contributed by atoms with Gasteiger partial charge in [-0.25, -0.2) is 8.42 Å². The zero-order chi connectivity index (χ0) is 17.3. The molecule has 0 N–H and O–H groups in total. The third-order valence-corrected chi connectivity index (χ3v) is 5.62. The number of hydrogen-bond acceptors (Lipinski definition) is 5. The Bertz CT molecular complexity index is 862. The summed E-state index contributed by atoms with van der Waals surface area (Å²) in [5.74, 6) is -1.28. The first-order valence-corrected chi connectivity index (χ1v) is 8.84. The SMILES string of the molecule is CN(c1cccnc1)S(=O)(=O)CCN1C(=O)c2ccccc2C1=O. The van der Waals surface area contributed by atoms with Crippen LogP contribution in [-0.2, 0) is 10.0 Å². The van der Waals surface area contributed by atoms with E-state index in [2.05, 4.69) is 4.98 Å². The standard InChI is InChI=1S/C16H15N3O4S/c1-18(12-5-4-8-17-11-12)24(22,23)10-9-19-15(20)13-6-2-3-7-14(13)16(19)21/h2-8,11H,9-10H2,1H3. The van der Waals surface area contributed by atoms with Crippen LogP contribution in [-0.4, -0.2) is 49.5 Å². The Morgan fingerprint density at radius 1 is 1.04 bits per heavy atom. The molecule has 0 fully saturated rings. The average molecular weight is 345 g/mol. The molecule has 1 aromatic carbocycles. The van der Waals surface area contributed by atoms with Gasteiger partial charge in [0.05, 0.1) is 28.8 Å². The fourth-order valence-electron chi connectivity index (χ4n) is 2.49. The predicted molar refractivity (Wildman–Crippen MR) is 88.2 cm³/mol. The lowest BCUT2D eigenvalue weighted by Crippen LogP contribution is -2.38. The number of anilines is 1. The molecule has 0 saturated carbocycles. The van der Waals surface area contributed by atoms with E-state index in [-0.39, 0.29) is 12.3 Å². The van der Waals surface area contributed by atoms with Gasteiger partial charge in [0, 0.05) is 19.8 Å². The summed E-state index contributed by atoms with van der Waals surface area (Å²) in [5, 5.41) is 0. The number of benzene rings is 1. The zero-order valence-corrected chi connectivity index (χ0v) is 13.7. The van der Waals surface area contributed by atoms with Crippen molar-refractivity contribution in [2.75, 3.05) is 23.7 Å². The molecule has 1 aliphatic heterocycles. The second-order valence-electron chi connectivity index (χ2n) is 5.30. The molecule has 0 spiro atoms. The number of aromatic nitrogens is 1. The Kier molecular flexibility index (Phi) is 4.06. The van der Waals surface area contributed by atoms with Crippen molar-refractivity contribution in [1.29, 1.82) is 0 Å². The van der Waals surface area contributed by atoms with E-state index in [0.29, 0.717) is 16.8 Å². The van der Waals surface area contributed by atoms with Gasteiger partial charge in [0.25, 0.3) is 11.8 Å². The van der Waals surface area contributed by atoms with Crippen LogP contribution in [0.1, 0.15) is 20.7 Å². The van der Waals surface area contributed by atoms with Crippen molar-refractivity contribution in [3.8, 4) is 0 Å². The molecule has 1 aromatic heterocycles. The lowest BCUT2D eigenvalue weighted by atomic mass is 10.1. The number of amides is 2. The van der Waals surface area contributed by atoms with Crippen LogP contribution < -0.4 is 4.31 Å². The van der Waals surface area contributed by atoms with Crippen LogP contribution in [0.25, 0.3) is 0 Å². The highest BCUT2D eigenvalue weighted by Crippen LogP contribution is 2.22. The van der Waals surface area contributed by atoms with Crippen molar-refractivity contribution in [1.82, 2.24) is 9.88 Å². The van der Waals surface area contributed by atoms with Crippen LogP contribution >= 0.6 is 0 Å². The fraction of sp³-hybridized carbons (Fsp3) is 0.188. The van der Waals surface area contributed by atoms with Crippen molar-refractivity contribution in [3.05, 3.63) is 59.9 Å². The zero-order valence-electron chi connectivity index (χ0n) is 12.9. The minimum atomic E-state index is -3.69. The van der Waals surface area contributed by atoms with Gasteiger partial charge in [-0.2, -0.15) is 0 Å². The maximum absolute atomic E-state index is 12.4. The van der Waals surface area contributed by atoms with Gasteiger partial charge in [-0.3, -0.25) is 23.8 Å². The van der Waals surface area contributed by atoms with Crippen molar-refractivity contribution in [2.45, 2.75) is 0 Å². The first kappa shape index (κ1) is 16.1. The molecule has 0 radical (unpaired) electrons. The summed E-state index contributed by atoms with van der Waals surface area (Å²) in [6, 6.07) is 9.70. The summed E-state index contributed by atoms with van der Waals surface area (Å²) >= 11 is 0. The summed E-state index contributed by atoms with van der Waals surface area (Å²) in [6.45, 7) is -0.195. The van der Waals surface area contributed by atoms with Crippen LogP contribution in [0.2, 0.25) is 0 Å². The van der Waals surface area contributed by atoms with Crippen molar-refractivity contribution in [3.63, 3.8) is 0 Å². The van der Waals surface area contributed by atoms with E-state index in [1.54, 1.807) is 42.6 Å².